The highest BCUT2D eigenvalue weighted by atomic mass is 32.2. The van der Waals surface area contributed by atoms with Gasteiger partial charge in [0.15, 0.2) is 9.84 Å². The third-order valence-electron chi connectivity index (χ3n) is 2.90. The molecule has 0 radical (unpaired) electrons. The van der Waals surface area contributed by atoms with Gasteiger partial charge in [0.1, 0.15) is 0 Å². The van der Waals surface area contributed by atoms with E-state index in [4.69, 9.17) is 5.73 Å². The molecule has 0 saturated carbocycles. The summed E-state index contributed by atoms with van der Waals surface area (Å²) < 4.78 is 23.3. The fourth-order valence-electron chi connectivity index (χ4n) is 1.94. The molecule has 2 rings (SSSR count). The Hall–Kier alpha value is -1.46. The lowest BCUT2D eigenvalue weighted by Gasteiger charge is -2.09. The van der Waals surface area contributed by atoms with Crippen LogP contribution in [0.15, 0.2) is 52.3 Å². The van der Waals surface area contributed by atoms with Crippen molar-refractivity contribution in [3.63, 3.8) is 0 Å². The maximum Gasteiger partial charge on any atom is 0.177 e. The van der Waals surface area contributed by atoms with Crippen LogP contribution in [0.4, 0.5) is 5.69 Å². The number of anilines is 1. The van der Waals surface area contributed by atoms with E-state index < -0.39 is 9.84 Å². The standard InChI is InChI=1S/C15H17NO2S2/c1-11-5-3-6-12(9-11)10-19-13-7-4-8-14(15(13)16)20(2,17)18/h3-9H,10,16H2,1-2H3. The molecular formula is C15H17NO2S2. The maximum absolute atomic E-state index is 11.6. The monoisotopic (exact) mass is 307 g/mol. The normalized spacial score (nSPS) is 11.5. The summed E-state index contributed by atoms with van der Waals surface area (Å²) in [5.41, 5.74) is 8.71. The van der Waals surface area contributed by atoms with Gasteiger partial charge in [-0.2, -0.15) is 0 Å². The van der Waals surface area contributed by atoms with Gasteiger partial charge in [-0.1, -0.05) is 35.9 Å². The van der Waals surface area contributed by atoms with E-state index in [1.165, 1.54) is 17.4 Å². The summed E-state index contributed by atoms with van der Waals surface area (Å²) in [6, 6.07) is 13.4. The molecule has 20 heavy (non-hydrogen) atoms. The van der Waals surface area contributed by atoms with E-state index in [0.29, 0.717) is 5.69 Å². The highest BCUT2D eigenvalue weighted by molar-refractivity contribution is 7.98. The molecule has 3 nitrogen and oxygen atoms in total. The van der Waals surface area contributed by atoms with Crippen molar-refractivity contribution < 1.29 is 8.42 Å². The zero-order valence-corrected chi connectivity index (χ0v) is 13.1. The first kappa shape index (κ1) is 14.9. The Balaban J connectivity index is 2.23. The quantitative estimate of drug-likeness (QED) is 0.695. The van der Waals surface area contributed by atoms with E-state index in [0.717, 1.165) is 10.6 Å². The molecule has 0 aliphatic rings. The molecule has 0 unspecified atom stereocenters. The summed E-state index contributed by atoms with van der Waals surface area (Å²) in [4.78, 5) is 1.00. The van der Waals surface area contributed by atoms with Crippen LogP contribution in [0.2, 0.25) is 0 Å². The van der Waals surface area contributed by atoms with Crippen LogP contribution in [-0.2, 0) is 15.6 Å². The van der Waals surface area contributed by atoms with Crippen molar-refractivity contribution in [3.8, 4) is 0 Å². The number of hydrogen-bond acceptors (Lipinski definition) is 4. The Kier molecular flexibility index (Phi) is 4.40. The first-order chi connectivity index (χ1) is 9.38. The highest BCUT2D eigenvalue weighted by Gasteiger charge is 2.14. The van der Waals surface area contributed by atoms with Crippen molar-refractivity contribution >= 4 is 27.3 Å². The van der Waals surface area contributed by atoms with Gasteiger partial charge in [0, 0.05) is 16.9 Å². The number of hydrogen-bond donors (Lipinski definition) is 1. The molecule has 0 bridgehead atoms. The number of nitrogen functional groups attached to an aromatic ring is 1. The second-order valence-corrected chi connectivity index (χ2v) is 7.72. The molecule has 0 saturated heterocycles. The summed E-state index contributed by atoms with van der Waals surface area (Å²) in [5, 5.41) is 0. The second-order valence-electron chi connectivity index (χ2n) is 4.72. The average molecular weight is 307 g/mol. The molecule has 5 heteroatoms. The second kappa shape index (κ2) is 5.89. The third-order valence-corrected chi connectivity index (χ3v) is 5.20. The number of sulfone groups is 1. The van der Waals surface area contributed by atoms with Crippen molar-refractivity contribution in [3.05, 3.63) is 53.6 Å². The summed E-state index contributed by atoms with van der Waals surface area (Å²) in [5.74, 6) is 0.763. The van der Waals surface area contributed by atoms with Crippen LogP contribution in [-0.4, -0.2) is 14.7 Å². The van der Waals surface area contributed by atoms with E-state index in [2.05, 4.69) is 12.1 Å². The Morgan fingerprint density at radius 2 is 1.85 bits per heavy atom. The van der Waals surface area contributed by atoms with Gasteiger partial charge < -0.3 is 5.73 Å². The number of para-hydroxylation sites is 1. The highest BCUT2D eigenvalue weighted by Crippen LogP contribution is 2.32. The van der Waals surface area contributed by atoms with Crippen molar-refractivity contribution in [2.24, 2.45) is 0 Å². The van der Waals surface area contributed by atoms with E-state index >= 15 is 0 Å². The maximum atomic E-state index is 11.6. The lowest BCUT2D eigenvalue weighted by atomic mass is 10.2. The minimum Gasteiger partial charge on any atom is -0.397 e. The van der Waals surface area contributed by atoms with E-state index in [1.807, 2.05) is 25.1 Å². The smallest absolute Gasteiger partial charge is 0.177 e. The van der Waals surface area contributed by atoms with Crippen molar-refractivity contribution in [2.45, 2.75) is 22.5 Å². The van der Waals surface area contributed by atoms with Gasteiger partial charge in [0.25, 0.3) is 0 Å². The van der Waals surface area contributed by atoms with Gasteiger partial charge in [-0.3, -0.25) is 0 Å². The van der Waals surface area contributed by atoms with E-state index in [9.17, 15) is 8.42 Å². The summed E-state index contributed by atoms with van der Waals surface area (Å²) >= 11 is 1.55. The van der Waals surface area contributed by atoms with Crippen LogP contribution in [0.3, 0.4) is 0 Å². The van der Waals surface area contributed by atoms with Crippen LogP contribution in [0.25, 0.3) is 0 Å². The molecule has 2 N–H and O–H groups in total. The Morgan fingerprint density at radius 1 is 1.15 bits per heavy atom. The summed E-state index contributed by atoms with van der Waals surface area (Å²) in [6.07, 6.45) is 1.17. The molecule has 106 valence electrons. The molecule has 0 fully saturated rings. The first-order valence-corrected chi connectivity index (χ1v) is 9.02. The van der Waals surface area contributed by atoms with Gasteiger partial charge in [0.2, 0.25) is 0 Å². The van der Waals surface area contributed by atoms with Gasteiger partial charge in [-0.25, -0.2) is 8.42 Å². The minimum atomic E-state index is -3.28. The molecule has 0 aliphatic carbocycles. The van der Waals surface area contributed by atoms with E-state index in [1.54, 1.807) is 23.9 Å². The van der Waals surface area contributed by atoms with Gasteiger partial charge in [-0.15, -0.1) is 11.8 Å². The first-order valence-electron chi connectivity index (χ1n) is 6.15. The lowest BCUT2D eigenvalue weighted by Crippen LogP contribution is -2.03. The average Bonchev–Trinajstić information content (AvgIpc) is 2.36. The predicted molar refractivity (Wildman–Crippen MR) is 84.7 cm³/mol. The molecule has 2 aromatic carbocycles. The summed E-state index contributed by atoms with van der Waals surface area (Å²) in [6.45, 7) is 2.05. The zero-order valence-electron chi connectivity index (χ0n) is 11.5. The molecule has 0 atom stereocenters. The van der Waals surface area contributed by atoms with Crippen molar-refractivity contribution in [1.82, 2.24) is 0 Å². The third kappa shape index (κ3) is 3.55. The molecule has 2 aromatic rings. The topological polar surface area (TPSA) is 60.2 Å². The van der Waals surface area contributed by atoms with Crippen LogP contribution >= 0.6 is 11.8 Å². The number of rotatable bonds is 4. The Bertz CT molecular complexity index is 724. The molecule has 0 heterocycles. The number of aryl methyl sites for hydroxylation is 1. The van der Waals surface area contributed by atoms with Gasteiger partial charge in [-0.05, 0) is 24.6 Å². The minimum absolute atomic E-state index is 0.201. The Labute approximate surface area is 124 Å². The molecule has 0 spiro atoms. The Morgan fingerprint density at radius 3 is 2.50 bits per heavy atom. The van der Waals surface area contributed by atoms with Crippen LogP contribution in [0.1, 0.15) is 11.1 Å². The summed E-state index contributed by atoms with van der Waals surface area (Å²) in [7, 11) is -3.28. The molecule has 0 aromatic heterocycles. The molecule has 0 aliphatic heterocycles. The lowest BCUT2D eigenvalue weighted by molar-refractivity contribution is 0.602. The van der Waals surface area contributed by atoms with Crippen LogP contribution in [0, 0.1) is 6.92 Å². The van der Waals surface area contributed by atoms with Crippen molar-refractivity contribution in [2.75, 3.05) is 12.0 Å². The zero-order chi connectivity index (χ0) is 14.8. The van der Waals surface area contributed by atoms with E-state index in [-0.39, 0.29) is 4.90 Å². The SMILES string of the molecule is Cc1cccc(CSc2cccc(S(C)(=O)=O)c2N)c1. The fraction of sp³-hybridized carbons (Fsp3) is 0.200. The molecule has 0 amide bonds. The number of nitrogens with two attached hydrogens (primary N) is 1. The number of thioether (sulfide) groups is 1. The largest absolute Gasteiger partial charge is 0.397 e. The van der Waals surface area contributed by atoms with Crippen molar-refractivity contribution in [1.29, 1.82) is 0 Å². The van der Waals surface area contributed by atoms with Gasteiger partial charge in [0.05, 0.1) is 10.6 Å². The number of benzene rings is 2. The fourth-order valence-corrected chi connectivity index (χ4v) is 3.78. The molecular weight excluding hydrogens is 290 g/mol. The van der Waals surface area contributed by atoms with Crippen LogP contribution < -0.4 is 5.73 Å². The predicted octanol–water partition coefficient (Wildman–Crippen LogP) is 3.27. The van der Waals surface area contributed by atoms with Gasteiger partial charge >= 0.3 is 0 Å². The van der Waals surface area contributed by atoms with Crippen LogP contribution in [0.5, 0.6) is 0 Å².